The Labute approximate surface area is 113 Å². The Hall–Kier alpha value is -0.870. The maximum Gasteiger partial charge on any atom is 0.224 e. The first kappa shape index (κ1) is 13.6. The molecule has 0 aromatic carbocycles. The third-order valence-electron chi connectivity index (χ3n) is 4.34. The van der Waals surface area contributed by atoms with Crippen molar-refractivity contribution in [2.75, 3.05) is 0 Å². The van der Waals surface area contributed by atoms with Crippen LogP contribution in [0, 0.1) is 10.8 Å². The predicted octanol–water partition coefficient (Wildman–Crippen LogP) is 2.17. The molecule has 4 heteroatoms. The van der Waals surface area contributed by atoms with Crippen LogP contribution >= 0.6 is 11.3 Å². The van der Waals surface area contributed by atoms with Crippen molar-refractivity contribution in [2.24, 2.45) is 16.6 Å². The Morgan fingerprint density at radius 2 is 2.00 bits per heavy atom. The first-order valence-corrected chi connectivity index (χ1v) is 7.26. The van der Waals surface area contributed by atoms with Crippen molar-refractivity contribution < 1.29 is 4.79 Å². The van der Waals surface area contributed by atoms with E-state index in [9.17, 15) is 4.79 Å². The zero-order chi connectivity index (χ0) is 13.6. The summed E-state index contributed by atoms with van der Waals surface area (Å²) in [6, 6.07) is 2.26. The molecule has 1 fully saturated rings. The van der Waals surface area contributed by atoms with Gasteiger partial charge in [0.2, 0.25) is 5.91 Å². The molecular weight excluding hydrogens is 244 g/mol. The second kappa shape index (κ2) is 4.35. The van der Waals surface area contributed by atoms with Gasteiger partial charge in [0.05, 0.1) is 6.42 Å². The van der Waals surface area contributed by atoms with E-state index in [-0.39, 0.29) is 28.8 Å². The number of rotatable bonds is 3. The Morgan fingerprint density at radius 3 is 2.50 bits per heavy atom. The minimum absolute atomic E-state index is 0.0339. The van der Waals surface area contributed by atoms with E-state index in [2.05, 4.69) is 33.0 Å². The van der Waals surface area contributed by atoms with Crippen LogP contribution in [0.5, 0.6) is 0 Å². The SMILES string of the molecule is CC1(C)C(N)C(C)(C)C1NC(=O)Cc1ccsc1. The van der Waals surface area contributed by atoms with Gasteiger partial charge in [-0.25, -0.2) is 0 Å². The third-order valence-corrected chi connectivity index (χ3v) is 5.07. The quantitative estimate of drug-likeness (QED) is 0.881. The zero-order valence-corrected chi connectivity index (χ0v) is 12.3. The number of nitrogens with two attached hydrogens (primary N) is 1. The number of amides is 1. The van der Waals surface area contributed by atoms with Gasteiger partial charge in [0.1, 0.15) is 0 Å². The van der Waals surface area contributed by atoms with Gasteiger partial charge in [0.15, 0.2) is 0 Å². The lowest BCUT2D eigenvalue weighted by Gasteiger charge is -2.62. The van der Waals surface area contributed by atoms with Gasteiger partial charge in [-0.2, -0.15) is 11.3 Å². The van der Waals surface area contributed by atoms with Crippen molar-refractivity contribution in [1.82, 2.24) is 5.32 Å². The minimum Gasteiger partial charge on any atom is -0.352 e. The molecule has 1 aliphatic rings. The Balaban J connectivity index is 1.99. The molecule has 0 atom stereocenters. The number of nitrogens with one attached hydrogen (secondary N) is 1. The van der Waals surface area contributed by atoms with Gasteiger partial charge in [-0.1, -0.05) is 27.7 Å². The van der Waals surface area contributed by atoms with Crippen LogP contribution in [0.4, 0.5) is 0 Å². The van der Waals surface area contributed by atoms with Gasteiger partial charge < -0.3 is 11.1 Å². The molecule has 0 spiro atoms. The van der Waals surface area contributed by atoms with Gasteiger partial charge in [-0.15, -0.1) is 0 Å². The van der Waals surface area contributed by atoms with Gasteiger partial charge in [0.25, 0.3) is 0 Å². The molecule has 100 valence electrons. The van der Waals surface area contributed by atoms with Crippen LogP contribution in [0.3, 0.4) is 0 Å². The highest BCUT2D eigenvalue weighted by Crippen LogP contribution is 2.52. The predicted molar refractivity (Wildman–Crippen MR) is 75.5 cm³/mol. The molecule has 1 aliphatic carbocycles. The van der Waals surface area contributed by atoms with Crippen LogP contribution in [0.2, 0.25) is 0 Å². The molecule has 3 nitrogen and oxygen atoms in total. The van der Waals surface area contributed by atoms with Crippen molar-refractivity contribution in [3.8, 4) is 0 Å². The number of carbonyl (C=O) groups is 1. The average Bonchev–Trinajstić information content (AvgIpc) is 2.77. The van der Waals surface area contributed by atoms with E-state index in [0.29, 0.717) is 6.42 Å². The number of thiophene rings is 1. The van der Waals surface area contributed by atoms with Gasteiger partial charge >= 0.3 is 0 Å². The van der Waals surface area contributed by atoms with Crippen molar-refractivity contribution >= 4 is 17.2 Å². The summed E-state index contributed by atoms with van der Waals surface area (Å²) in [6.45, 7) is 8.49. The molecule has 1 aromatic rings. The van der Waals surface area contributed by atoms with Crippen LogP contribution in [0.25, 0.3) is 0 Å². The molecule has 1 aromatic heterocycles. The highest BCUT2D eigenvalue weighted by molar-refractivity contribution is 7.07. The standard InChI is InChI=1S/C14H22N2OS/c1-13(2)11(15)14(3,4)12(13)16-10(17)7-9-5-6-18-8-9/h5-6,8,11-12H,7,15H2,1-4H3,(H,16,17). The molecule has 1 heterocycles. The van der Waals surface area contributed by atoms with Crippen LogP contribution < -0.4 is 11.1 Å². The van der Waals surface area contributed by atoms with Gasteiger partial charge in [-0.3, -0.25) is 4.79 Å². The molecule has 1 amide bonds. The Kier molecular flexibility index (Phi) is 3.28. The third kappa shape index (κ3) is 2.08. The molecule has 0 saturated heterocycles. The molecular formula is C14H22N2OS. The number of hydrogen-bond acceptors (Lipinski definition) is 3. The maximum atomic E-state index is 12.0. The summed E-state index contributed by atoms with van der Waals surface area (Å²) >= 11 is 1.62. The molecule has 1 saturated carbocycles. The van der Waals surface area contributed by atoms with Crippen molar-refractivity contribution in [1.29, 1.82) is 0 Å². The largest absolute Gasteiger partial charge is 0.352 e. The summed E-state index contributed by atoms with van der Waals surface area (Å²) in [6.07, 6.45) is 0.460. The highest BCUT2D eigenvalue weighted by Gasteiger charge is 2.60. The molecule has 0 unspecified atom stereocenters. The fourth-order valence-corrected chi connectivity index (χ4v) is 4.01. The Bertz CT molecular complexity index is 421. The van der Waals surface area contributed by atoms with E-state index in [1.54, 1.807) is 11.3 Å². The van der Waals surface area contributed by atoms with Crippen molar-refractivity contribution in [3.63, 3.8) is 0 Å². The smallest absolute Gasteiger partial charge is 0.224 e. The molecule has 0 radical (unpaired) electrons. The lowest BCUT2D eigenvalue weighted by Crippen LogP contribution is -2.76. The summed E-state index contributed by atoms with van der Waals surface area (Å²) in [5, 5.41) is 7.16. The van der Waals surface area contributed by atoms with E-state index in [4.69, 9.17) is 5.73 Å². The molecule has 0 aliphatic heterocycles. The zero-order valence-electron chi connectivity index (χ0n) is 11.5. The van der Waals surface area contributed by atoms with E-state index in [1.165, 1.54) is 0 Å². The minimum atomic E-state index is -0.0339. The van der Waals surface area contributed by atoms with Crippen LogP contribution in [-0.4, -0.2) is 18.0 Å². The van der Waals surface area contributed by atoms with Gasteiger partial charge in [-0.05, 0) is 22.4 Å². The summed E-state index contributed by atoms with van der Waals surface area (Å²) in [7, 11) is 0. The van der Waals surface area contributed by atoms with E-state index in [1.807, 2.05) is 16.8 Å². The van der Waals surface area contributed by atoms with Crippen LogP contribution in [0.15, 0.2) is 16.8 Å². The maximum absolute atomic E-state index is 12.0. The fraction of sp³-hybridized carbons (Fsp3) is 0.643. The summed E-state index contributed by atoms with van der Waals surface area (Å²) in [4.78, 5) is 12.0. The van der Waals surface area contributed by atoms with Gasteiger partial charge in [0, 0.05) is 22.9 Å². The molecule has 2 rings (SSSR count). The first-order chi connectivity index (χ1) is 8.26. The van der Waals surface area contributed by atoms with Crippen LogP contribution in [-0.2, 0) is 11.2 Å². The molecule has 18 heavy (non-hydrogen) atoms. The van der Waals surface area contributed by atoms with E-state index < -0.39 is 0 Å². The summed E-state index contributed by atoms with van der Waals surface area (Å²) in [5.41, 5.74) is 7.20. The van der Waals surface area contributed by atoms with Crippen LogP contribution in [0.1, 0.15) is 33.3 Å². The van der Waals surface area contributed by atoms with Crippen molar-refractivity contribution in [3.05, 3.63) is 22.4 Å². The lowest BCUT2D eigenvalue weighted by molar-refractivity contribution is -0.131. The molecule has 0 bridgehead atoms. The average molecular weight is 266 g/mol. The second-order valence-corrected chi connectivity index (χ2v) is 7.21. The number of carbonyl (C=O) groups excluding carboxylic acids is 1. The fourth-order valence-electron chi connectivity index (χ4n) is 3.34. The summed E-state index contributed by atoms with van der Waals surface area (Å²) < 4.78 is 0. The normalized spacial score (nSPS) is 28.5. The topological polar surface area (TPSA) is 55.1 Å². The second-order valence-electron chi connectivity index (χ2n) is 6.43. The first-order valence-electron chi connectivity index (χ1n) is 6.32. The monoisotopic (exact) mass is 266 g/mol. The van der Waals surface area contributed by atoms with E-state index >= 15 is 0 Å². The highest BCUT2D eigenvalue weighted by atomic mass is 32.1. The number of hydrogen-bond donors (Lipinski definition) is 2. The van der Waals surface area contributed by atoms with Crippen molar-refractivity contribution in [2.45, 2.75) is 46.2 Å². The van der Waals surface area contributed by atoms with E-state index in [0.717, 1.165) is 5.56 Å². The molecule has 3 N–H and O–H groups in total. The Morgan fingerprint density at radius 1 is 1.39 bits per heavy atom. The summed E-state index contributed by atoms with van der Waals surface area (Å²) in [5.74, 6) is 0.0893. The lowest BCUT2D eigenvalue weighted by atomic mass is 9.48.